The summed E-state index contributed by atoms with van der Waals surface area (Å²) in [7, 11) is 0. The van der Waals surface area contributed by atoms with Crippen molar-refractivity contribution in [3.8, 4) is 0 Å². The highest BCUT2D eigenvalue weighted by Crippen LogP contribution is 2.23. The minimum atomic E-state index is -0.437. The van der Waals surface area contributed by atoms with Crippen molar-refractivity contribution >= 4 is 33.3 Å². The van der Waals surface area contributed by atoms with Gasteiger partial charge in [-0.1, -0.05) is 48.5 Å². The standard InChI is InChI=1S/C19H11NO3/c21-19-16-9-3-6-13-5-2-8-15(18(13)16)17(19)11-12-4-1-7-14(10-12)20(22)23/h1-11H. The molecule has 4 heteroatoms. The molecule has 4 rings (SSSR count). The van der Waals surface area contributed by atoms with Crippen LogP contribution < -0.4 is 10.6 Å². The molecular weight excluding hydrogens is 290 g/mol. The molecule has 4 aromatic rings. The molecular formula is C19H11NO3. The second-order valence-corrected chi connectivity index (χ2v) is 5.45. The highest BCUT2D eigenvalue weighted by molar-refractivity contribution is 6.12. The smallest absolute Gasteiger partial charge is 0.270 e. The topological polar surface area (TPSA) is 60.2 Å². The first-order valence-electron chi connectivity index (χ1n) is 7.18. The van der Waals surface area contributed by atoms with Gasteiger partial charge in [0, 0.05) is 28.1 Å². The molecule has 0 bridgehead atoms. The maximum Gasteiger partial charge on any atom is 0.270 e. The Hall–Kier alpha value is -3.27. The fraction of sp³-hybridized carbons (Fsp3) is 0. The largest absolute Gasteiger partial charge is 0.289 e. The van der Waals surface area contributed by atoms with Crippen LogP contribution in [0.1, 0.15) is 5.56 Å². The van der Waals surface area contributed by atoms with E-state index in [2.05, 4.69) is 0 Å². The van der Waals surface area contributed by atoms with Gasteiger partial charge in [-0.25, -0.2) is 0 Å². The number of nitro benzene ring substituents is 1. The normalized spacial score (nSPS) is 12.3. The minimum absolute atomic E-state index is 0.0144. The van der Waals surface area contributed by atoms with Crippen molar-refractivity contribution in [2.75, 3.05) is 0 Å². The molecule has 0 aliphatic heterocycles. The molecule has 0 heterocycles. The van der Waals surface area contributed by atoms with E-state index in [1.807, 2.05) is 36.4 Å². The van der Waals surface area contributed by atoms with Crippen LogP contribution in [0, 0.1) is 10.1 Å². The zero-order valence-corrected chi connectivity index (χ0v) is 12.0. The predicted octanol–water partition coefficient (Wildman–Crippen LogP) is 3.25. The monoisotopic (exact) mass is 301 g/mol. The number of nitro groups is 1. The maximum absolute atomic E-state index is 12.7. The van der Waals surface area contributed by atoms with E-state index in [1.54, 1.807) is 18.2 Å². The fourth-order valence-corrected chi connectivity index (χ4v) is 3.06. The van der Waals surface area contributed by atoms with E-state index < -0.39 is 4.92 Å². The van der Waals surface area contributed by atoms with Gasteiger partial charge < -0.3 is 0 Å². The summed E-state index contributed by atoms with van der Waals surface area (Å²) in [6, 6.07) is 17.8. The first-order chi connectivity index (χ1) is 11.1. The van der Waals surface area contributed by atoms with E-state index in [9.17, 15) is 14.9 Å². The summed E-state index contributed by atoms with van der Waals surface area (Å²) in [5.41, 5.74) is 0.621. The second kappa shape index (κ2) is 4.88. The van der Waals surface area contributed by atoms with Crippen LogP contribution in [-0.4, -0.2) is 4.92 Å². The summed E-state index contributed by atoms with van der Waals surface area (Å²) < 4.78 is 0. The van der Waals surface area contributed by atoms with Crippen LogP contribution in [0.15, 0.2) is 65.5 Å². The summed E-state index contributed by atoms with van der Waals surface area (Å²) in [6.07, 6.45) is 1.73. The molecule has 0 atom stereocenters. The first-order valence-corrected chi connectivity index (χ1v) is 7.18. The van der Waals surface area contributed by atoms with Crippen LogP contribution >= 0.6 is 0 Å². The average molecular weight is 301 g/mol. The molecule has 0 saturated carbocycles. The molecule has 23 heavy (non-hydrogen) atoms. The lowest BCUT2D eigenvalue weighted by atomic mass is 10.1. The summed E-state index contributed by atoms with van der Waals surface area (Å²) >= 11 is 0. The average Bonchev–Trinajstić information content (AvgIpc) is 2.83. The van der Waals surface area contributed by atoms with Gasteiger partial charge in [0.15, 0.2) is 5.43 Å². The summed E-state index contributed by atoms with van der Waals surface area (Å²) in [6.45, 7) is 0. The van der Waals surface area contributed by atoms with Crippen LogP contribution in [0.3, 0.4) is 0 Å². The van der Waals surface area contributed by atoms with Crippen molar-refractivity contribution in [2.45, 2.75) is 0 Å². The first kappa shape index (κ1) is 13.4. The fourth-order valence-electron chi connectivity index (χ4n) is 3.06. The third-order valence-electron chi connectivity index (χ3n) is 4.08. The molecule has 4 nitrogen and oxygen atoms in total. The van der Waals surface area contributed by atoms with Crippen molar-refractivity contribution < 1.29 is 4.92 Å². The van der Waals surface area contributed by atoms with Gasteiger partial charge in [0.2, 0.25) is 0 Å². The molecule has 0 unspecified atom stereocenters. The summed E-state index contributed by atoms with van der Waals surface area (Å²) in [4.78, 5) is 23.2. The van der Waals surface area contributed by atoms with Gasteiger partial charge >= 0.3 is 0 Å². The van der Waals surface area contributed by atoms with Crippen LogP contribution in [0.2, 0.25) is 0 Å². The van der Waals surface area contributed by atoms with E-state index in [4.69, 9.17) is 0 Å². The van der Waals surface area contributed by atoms with Crippen molar-refractivity contribution in [3.63, 3.8) is 0 Å². The number of non-ortho nitro benzene ring substituents is 1. The lowest BCUT2D eigenvalue weighted by molar-refractivity contribution is -0.384. The number of hydrogen-bond donors (Lipinski definition) is 0. The van der Waals surface area contributed by atoms with Crippen molar-refractivity contribution in [3.05, 3.63) is 91.8 Å². The Bertz CT molecular complexity index is 1160. The Morgan fingerprint density at radius 3 is 2.35 bits per heavy atom. The molecule has 110 valence electrons. The minimum Gasteiger partial charge on any atom is -0.289 e. The van der Waals surface area contributed by atoms with Crippen molar-refractivity contribution in [2.24, 2.45) is 0 Å². The maximum atomic E-state index is 12.7. The molecule has 0 aliphatic carbocycles. The quantitative estimate of drug-likeness (QED) is 0.422. The number of nitrogens with zero attached hydrogens (tertiary/aromatic N) is 1. The van der Waals surface area contributed by atoms with Gasteiger partial charge in [-0.2, -0.15) is 0 Å². The van der Waals surface area contributed by atoms with Gasteiger partial charge in [-0.05, 0) is 22.4 Å². The third kappa shape index (κ3) is 2.04. The van der Waals surface area contributed by atoms with Crippen LogP contribution in [0.4, 0.5) is 5.69 Å². The number of rotatable bonds is 2. The molecule has 0 saturated heterocycles. The molecule has 0 amide bonds. The van der Waals surface area contributed by atoms with Gasteiger partial charge in [0.1, 0.15) is 0 Å². The van der Waals surface area contributed by atoms with Gasteiger partial charge in [-0.3, -0.25) is 14.9 Å². The van der Waals surface area contributed by atoms with Gasteiger partial charge in [0.05, 0.1) is 4.92 Å². The second-order valence-electron chi connectivity index (χ2n) is 5.45. The number of benzene rings is 3. The molecule has 0 radical (unpaired) electrons. The zero-order valence-electron chi connectivity index (χ0n) is 12.0. The van der Waals surface area contributed by atoms with Crippen LogP contribution in [-0.2, 0) is 0 Å². The Morgan fingerprint density at radius 2 is 1.61 bits per heavy atom. The Labute approximate surface area is 130 Å². The Kier molecular flexibility index (Phi) is 2.84. The third-order valence-corrected chi connectivity index (χ3v) is 4.08. The molecule has 0 aliphatic rings. The molecule has 0 spiro atoms. The lowest BCUT2D eigenvalue weighted by Gasteiger charge is -1.96. The summed E-state index contributed by atoms with van der Waals surface area (Å²) in [5, 5.41) is 15.0. The van der Waals surface area contributed by atoms with Crippen molar-refractivity contribution in [1.29, 1.82) is 0 Å². The van der Waals surface area contributed by atoms with Gasteiger partial charge in [-0.15, -0.1) is 0 Å². The molecule has 4 aromatic carbocycles. The van der Waals surface area contributed by atoms with Crippen LogP contribution in [0.25, 0.3) is 27.6 Å². The SMILES string of the molecule is O=c1c(=Cc2cccc([N+](=O)[O-])c2)c2cccc3cccc1c32. The lowest BCUT2D eigenvalue weighted by Crippen LogP contribution is -2.19. The summed E-state index contributed by atoms with van der Waals surface area (Å²) in [5.74, 6) is 0. The highest BCUT2D eigenvalue weighted by atomic mass is 16.6. The molecule has 0 aromatic heterocycles. The Balaban J connectivity index is 2.08. The predicted molar refractivity (Wildman–Crippen MR) is 90.8 cm³/mol. The number of hydrogen-bond acceptors (Lipinski definition) is 3. The van der Waals surface area contributed by atoms with E-state index in [0.717, 1.165) is 16.2 Å². The van der Waals surface area contributed by atoms with E-state index >= 15 is 0 Å². The van der Waals surface area contributed by atoms with Gasteiger partial charge in [0.25, 0.3) is 5.69 Å². The highest BCUT2D eigenvalue weighted by Gasteiger charge is 2.11. The Morgan fingerprint density at radius 1 is 0.913 bits per heavy atom. The van der Waals surface area contributed by atoms with Crippen LogP contribution in [0.5, 0.6) is 0 Å². The van der Waals surface area contributed by atoms with E-state index in [1.165, 1.54) is 12.1 Å². The molecule has 0 N–H and O–H groups in total. The zero-order chi connectivity index (χ0) is 16.0. The van der Waals surface area contributed by atoms with Crippen molar-refractivity contribution in [1.82, 2.24) is 0 Å². The molecule has 0 fully saturated rings. The van der Waals surface area contributed by atoms with E-state index in [-0.39, 0.29) is 11.1 Å². The van der Waals surface area contributed by atoms with E-state index in [0.29, 0.717) is 16.2 Å².